The van der Waals surface area contributed by atoms with Gasteiger partial charge in [-0.05, 0) is 41.7 Å². The Labute approximate surface area is 169 Å². The molecule has 0 saturated heterocycles. The largest absolute Gasteiger partial charge is 0.497 e. The van der Waals surface area contributed by atoms with Gasteiger partial charge in [0.15, 0.2) is 5.76 Å². The summed E-state index contributed by atoms with van der Waals surface area (Å²) >= 11 is 0. The molecule has 5 rings (SSSR count). The SMILES string of the molecule is COc1cc(Cn2cc3c(c2-c2ccccc2)CCc2cnoc2-3)cc(OC)c1. The van der Waals surface area contributed by atoms with Crippen molar-refractivity contribution in [3.05, 3.63) is 77.6 Å². The van der Waals surface area contributed by atoms with E-state index in [1.54, 1.807) is 14.2 Å². The first kappa shape index (κ1) is 17.6. The van der Waals surface area contributed by atoms with Crippen LogP contribution >= 0.6 is 0 Å². The maximum absolute atomic E-state index is 5.61. The molecule has 0 N–H and O–H groups in total. The Morgan fingerprint density at radius 2 is 1.76 bits per heavy atom. The van der Waals surface area contributed by atoms with Crippen LogP contribution in [0, 0.1) is 0 Å². The fraction of sp³-hybridized carbons (Fsp3) is 0.208. The molecule has 0 spiro atoms. The van der Waals surface area contributed by atoms with Gasteiger partial charge in [0.25, 0.3) is 0 Å². The normalized spacial score (nSPS) is 12.3. The Kier molecular flexibility index (Phi) is 4.35. The second-order valence-electron chi connectivity index (χ2n) is 7.26. The van der Waals surface area contributed by atoms with Crippen LogP contribution in [0.3, 0.4) is 0 Å². The predicted octanol–water partition coefficient (Wildman–Crippen LogP) is 4.97. The first-order chi connectivity index (χ1) is 14.3. The lowest BCUT2D eigenvalue weighted by Gasteiger charge is -2.15. The standard InChI is InChI=1S/C24H22N2O3/c1-27-19-10-16(11-20(12-19)28-2)14-26-15-22-21(9-8-18-13-25-29-24(18)22)23(26)17-6-4-3-5-7-17/h3-7,10-13,15H,8-9,14H2,1-2H3. The molecule has 4 aromatic rings. The van der Waals surface area contributed by atoms with Crippen molar-refractivity contribution in [2.24, 2.45) is 0 Å². The Balaban J connectivity index is 1.66. The molecular formula is C24H22N2O3. The van der Waals surface area contributed by atoms with E-state index in [0.29, 0.717) is 6.54 Å². The number of rotatable bonds is 5. The van der Waals surface area contributed by atoms with Crippen molar-refractivity contribution >= 4 is 0 Å². The number of hydrogen-bond donors (Lipinski definition) is 0. The molecule has 5 nitrogen and oxygen atoms in total. The first-order valence-corrected chi connectivity index (χ1v) is 9.70. The zero-order valence-electron chi connectivity index (χ0n) is 16.5. The molecule has 29 heavy (non-hydrogen) atoms. The van der Waals surface area contributed by atoms with Gasteiger partial charge in [0, 0.05) is 29.9 Å². The molecule has 1 aliphatic rings. The second kappa shape index (κ2) is 7.17. The predicted molar refractivity (Wildman–Crippen MR) is 111 cm³/mol. The molecule has 0 bridgehead atoms. The monoisotopic (exact) mass is 386 g/mol. The van der Waals surface area contributed by atoms with Crippen LogP contribution < -0.4 is 9.47 Å². The molecule has 0 fully saturated rings. The Hall–Kier alpha value is -3.47. The highest BCUT2D eigenvalue weighted by Gasteiger charge is 2.27. The fourth-order valence-electron chi connectivity index (χ4n) is 4.18. The number of fused-ring (bicyclic) bond motifs is 3. The van der Waals surface area contributed by atoms with E-state index in [1.807, 2.05) is 18.3 Å². The lowest BCUT2D eigenvalue weighted by Crippen LogP contribution is -2.04. The van der Waals surface area contributed by atoms with Crippen molar-refractivity contribution in [2.75, 3.05) is 14.2 Å². The van der Waals surface area contributed by atoms with Crippen molar-refractivity contribution in [3.8, 4) is 34.1 Å². The van der Waals surface area contributed by atoms with Crippen LogP contribution in [0.25, 0.3) is 22.6 Å². The molecule has 5 heteroatoms. The quantitative estimate of drug-likeness (QED) is 0.486. The van der Waals surface area contributed by atoms with Gasteiger partial charge in [-0.3, -0.25) is 0 Å². The number of methoxy groups -OCH3 is 2. The number of aromatic nitrogens is 2. The third-order valence-corrected chi connectivity index (χ3v) is 5.53. The molecular weight excluding hydrogens is 364 g/mol. The van der Waals surface area contributed by atoms with Gasteiger partial charge in [0.2, 0.25) is 0 Å². The molecule has 0 atom stereocenters. The Morgan fingerprint density at radius 3 is 2.48 bits per heavy atom. The summed E-state index contributed by atoms with van der Waals surface area (Å²) in [6, 6.07) is 16.5. The molecule has 2 heterocycles. The second-order valence-corrected chi connectivity index (χ2v) is 7.26. The zero-order valence-corrected chi connectivity index (χ0v) is 16.5. The first-order valence-electron chi connectivity index (χ1n) is 9.70. The minimum absolute atomic E-state index is 0.703. The summed E-state index contributed by atoms with van der Waals surface area (Å²) in [6.07, 6.45) is 5.95. The van der Waals surface area contributed by atoms with Crippen LogP contribution in [0.5, 0.6) is 11.5 Å². The molecule has 146 valence electrons. The highest BCUT2D eigenvalue weighted by Crippen LogP contribution is 2.41. The third kappa shape index (κ3) is 3.09. The molecule has 0 amide bonds. The van der Waals surface area contributed by atoms with Crippen LogP contribution in [0.2, 0.25) is 0 Å². The summed E-state index contributed by atoms with van der Waals surface area (Å²) in [7, 11) is 3.35. The number of nitrogens with zero attached hydrogens (tertiary/aromatic N) is 2. The number of benzene rings is 2. The minimum Gasteiger partial charge on any atom is -0.497 e. The van der Waals surface area contributed by atoms with Crippen molar-refractivity contribution in [2.45, 2.75) is 19.4 Å². The van der Waals surface area contributed by atoms with Crippen molar-refractivity contribution < 1.29 is 14.0 Å². The Bertz CT molecular complexity index is 1140. The zero-order chi connectivity index (χ0) is 19.8. The molecule has 0 saturated carbocycles. The van der Waals surface area contributed by atoms with E-state index >= 15 is 0 Å². The highest BCUT2D eigenvalue weighted by molar-refractivity contribution is 5.78. The minimum atomic E-state index is 0.703. The van der Waals surface area contributed by atoms with Gasteiger partial charge < -0.3 is 18.6 Å². The maximum Gasteiger partial charge on any atom is 0.171 e. The molecule has 2 aromatic heterocycles. The number of hydrogen-bond acceptors (Lipinski definition) is 4. The van der Waals surface area contributed by atoms with E-state index in [2.05, 4.69) is 52.3 Å². The molecule has 0 aliphatic heterocycles. The van der Waals surface area contributed by atoms with Crippen LogP contribution in [-0.2, 0) is 19.4 Å². The topological polar surface area (TPSA) is 49.4 Å². The van der Waals surface area contributed by atoms with Crippen LogP contribution in [-0.4, -0.2) is 23.9 Å². The van der Waals surface area contributed by atoms with Gasteiger partial charge >= 0.3 is 0 Å². The van der Waals surface area contributed by atoms with Gasteiger partial charge in [-0.1, -0.05) is 35.5 Å². The summed E-state index contributed by atoms with van der Waals surface area (Å²) < 4.78 is 18.8. The van der Waals surface area contributed by atoms with E-state index in [4.69, 9.17) is 14.0 Å². The van der Waals surface area contributed by atoms with E-state index < -0.39 is 0 Å². The molecule has 2 aromatic carbocycles. The smallest absolute Gasteiger partial charge is 0.171 e. The van der Waals surface area contributed by atoms with E-state index in [0.717, 1.165) is 41.2 Å². The highest BCUT2D eigenvalue weighted by atomic mass is 16.5. The van der Waals surface area contributed by atoms with Gasteiger partial charge in [0.05, 0.1) is 26.1 Å². The molecule has 1 aliphatic carbocycles. The van der Waals surface area contributed by atoms with Crippen molar-refractivity contribution in [1.82, 2.24) is 9.72 Å². The van der Waals surface area contributed by atoms with Gasteiger partial charge in [-0.25, -0.2) is 0 Å². The molecule has 0 unspecified atom stereocenters. The lowest BCUT2D eigenvalue weighted by molar-refractivity contribution is 0.393. The summed E-state index contributed by atoms with van der Waals surface area (Å²) in [5.74, 6) is 2.47. The fourth-order valence-corrected chi connectivity index (χ4v) is 4.18. The van der Waals surface area contributed by atoms with Crippen LogP contribution in [0.15, 0.2) is 65.4 Å². The number of aryl methyl sites for hydroxylation is 1. The van der Waals surface area contributed by atoms with Crippen LogP contribution in [0.4, 0.5) is 0 Å². The summed E-state index contributed by atoms with van der Waals surface area (Å²) in [5.41, 5.74) is 7.17. The average molecular weight is 386 g/mol. The summed E-state index contributed by atoms with van der Waals surface area (Å²) in [4.78, 5) is 0. The summed E-state index contributed by atoms with van der Waals surface area (Å²) in [5, 5.41) is 4.03. The van der Waals surface area contributed by atoms with Crippen LogP contribution in [0.1, 0.15) is 16.7 Å². The lowest BCUT2D eigenvalue weighted by atomic mass is 9.91. The van der Waals surface area contributed by atoms with Crippen molar-refractivity contribution in [1.29, 1.82) is 0 Å². The third-order valence-electron chi connectivity index (χ3n) is 5.53. The van der Waals surface area contributed by atoms with E-state index in [9.17, 15) is 0 Å². The Morgan fingerprint density at radius 1 is 1.00 bits per heavy atom. The maximum atomic E-state index is 5.61. The molecule has 0 radical (unpaired) electrons. The van der Waals surface area contributed by atoms with E-state index in [-0.39, 0.29) is 0 Å². The number of ether oxygens (including phenoxy) is 2. The van der Waals surface area contributed by atoms with E-state index in [1.165, 1.54) is 22.4 Å². The van der Waals surface area contributed by atoms with Gasteiger partial charge in [-0.2, -0.15) is 0 Å². The average Bonchev–Trinajstić information content (AvgIpc) is 3.38. The van der Waals surface area contributed by atoms with Crippen molar-refractivity contribution in [3.63, 3.8) is 0 Å². The van der Waals surface area contributed by atoms with Gasteiger partial charge in [0.1, 0.15) is 11.5 Å². The van der Waals surface area contributed by atoms with Gasteiger partial charge in [-0.15, -0.1) is 0 Å². The summed E-state index contributed by atoms with van der Waals surface area (Å²) in [6.45, 7) is 0.703.